The van der Waals surface area contributed by atoms with E-state index in [-0.39, 0.29) is 17.3 Å². The molecular weight excluding hydrogens is 599 g/mol. The molecule has 2 amide bonds. The maximum Gasteiger partial charge on any atom is 0.238 e. The van der Waals surface area contributed by atoms with E-state index in [1.165, 1.54) is 19.4 Å². The van der Waals surface area contributed by atoms with E-state index in [0.717, 1.165) is 3.57 Å². The van der Waals surface area contributed by atoms with Crippen molar-refractivity contribution < 1.29 is 23.8 Å². The van der Waals surface area contributed by atoms with Gasteiger partial charge in [-0.2, -0.15) is 0 Å². The first-order valence-electron chi connectivity index (χ1n) is 10.6. The van der Waals surface area contributed by atoms with Crippen molar-refractivity contribution in [2.75, 3.05) is 24.9 Å². The Kier molecular flexibility index (Phi) is 8.06. The summed E-state index contributed by atoms with van der Waals surface area (Å²) < 4.78 is 17.7. The molecule has 4 aromatic rings. The number of aromatic nitrogens is 2. The fraction of sp³-hybridized carbons (Fsp3) is 0.120. The molecule has 0 atom stereocenters. The van der Waals surface area contributed by atoms with E-state index in [4.69, 9.17) is 25.8 Å². The molecule has 0 saturated carbocycles. The number of amides is 2. The number of anilines is 2. The smallest absolute Gasteiger partial charge is 0.238 e. The predicted octanol–water partition coefficient (Wildman–Crippen LogP) is 5.66. The molecule has 9 nitrogen and oxygen atoms in total. The van der Waals surface area contributed by atoms with Crippen molar-refractivity contribution in [3.8, 4) is 23.1 Å². The zero-order chi connectivity index (χ0) is 25.7. The molecule has 2 aromatic heterocycles. The summed E-state index contributed by atoms with van der Waals surface area (Å²) in [7, 11) is 3.09. The van der Waals surface area contributed by atoms with Crippen LogP contribution in [0.2, 0.25) is 5.02 Å². The molecule has 2 heterocycles. The van der Waals surface area contributed by atoms with Crippen LogP contribution in [-0.2, 0) is 9.59 Å². The number of methoxy groups -OCH3 is 2. The first-order chi connectivity index (χ1) is 17.4. The second-order valence-corrected chi connectivity index (χ2v) is 9.08. The summed E-state index contributed by atoms with van der Waals surface area (Å²) >= 11 is 8.53. The molecule has 0 fully saturated rings. The maximum atomic E-state index is 12.3. The number of fused-ring (bicyclic) bond motifs is 1. The van der Waals surface area contributed by atoms with Gasteiger partial charge in [-0.05, 0) is 65.1 Å². The molecule has 2 N–H and O–H groups in total. The zero-order valence-electron chi connectivity index (χ0n) is 19.2. The quantitative estimate of drug-likeness (QED) is 0.194. The second kappa shape index (κ2) is 11.4. The monoisotopic (exact) mass is 618 g/mol. The lowest BCUT2D eigenvalue weighted by atomic mass is 10.2. The zero-order valence-corrected chi connectivity index (χ0v) is 22.1. The van der Waals surface area contributed by atoms with Crippen LogP contribution in [0.4, 0.5) is 11.4 Å². The van der Waals surface area contributed by atoms with Gasteiger partial charge in [0.2, 0.25) is 17.7 Å². The molecule has 0 aliphatic rings. The van der Waals surface area contributed by atoms with Crippen LogP contribution in [0.5, 0.6) is 23.1 Å². The minimum atomic E-state index is -0.509. The number of hydrogen-bond acceptors (Lipinski definition) is 7. The van der Waals surface area contributed by atoms with Crippen LogP contribution in [0.3, 0.4) is 0 Å². The lowest BCUT2D eigenvalue weighted by Gasteiger charge is -2.13. The fourth-order valence-electron chi connectivity index (χ4n) is 3.30. The van der Waals surface area contributed by atoms with Gasteiger partial charge in [-0.25, -0.2) is 4.98 Å². The second-order valence-electron chi connectivity index (χ2n) is 7.43. The van der Waals surface area contributed by atoms with Crippen LogP contribution in [0.1, 0.15) is 6.42 Å². The van der Waals surface area contributed by atoms with Gasteiger partial charge in [-0.15, -0.1) is 0 Å². The van der Waals surface area contributed by atoms with E-state index in [0.29, 0.717) is 39.5 Å². The Labute approximate surface area is 225 Å². The molecule has 4 rings (SSSR count). The van der Waals surface area contributed by atoms with E-state index in [1.807, 2.05) is 12.1 Å². The molecule has 0 aliphatic heterocycles. The lowest BCUT2D eigenvalue weighted by molar-refractivity contribution is -0.123. The van der Waals surface area contributed by atoms with Crippen molar-refractivity contribution in [2.24, 2.45) is 0 Å². The Hall–Kier alpha value is -3.64. The third-order valence-electron chi connectivity index (χ3n) is 4.95. The molecule has 0 spiro atoms. The largest absolute Gasteiger partial charge is 0.493 e. The van der Waals surface area contributed by atoms with Gasteiger partial charge in [0.05, 0.1) is 31.6 Å². The van der Waals surface area contributed by atoms with Gasteiger partial charge >= 0.3 is 0 Å². The Bertz CT molecular complexity index is 1430. The highest BCUT2D eigenvalue weighted by molar-refractivity contribution is 14.1. The number of halogens is 2. The molecule has 184 valence electrons. The number of pyridine rings is 2. The average Bonchev–Trinajstić information content (AvgIpc) is 2.86. The summed E-state index contributed by atoms with van der Waals surface area (Å²) in [5.41, 5.74) is 1.57. The Morgan fingerprint density at radius 1 is 0.889 bits per heavy atom. The number of hydrogen-bond donors (Lipinski definition) is 2. The van der Waals surface area contributed by atoms with Crippen LogP contribution in [0, 0.1) is 3.57 Å². The SMILES string of the molecule is COc1cc2nccc(Oc3ncc(NC(=O)CC(=O)Nc4ccc(I)cc4)cc3Cl)c2cc1OC. The summed E-state index contributed by atoms with van der Waals surface area (Å²) in [4.78, 5) is 33.0. The van der Waals surface area contributed by atoms with E-state index in [2.05, 4.69) is 43.2 Å². The summed E-state index contributed by atoms with van der Waals surface area (Å²) in [5, 5.41) is 6.13. The number of carbonyl (C=O) groups is 2. The molecule has 36 heavy (non-hydrogen) atoms. The Balaban J connectivity index is 1.44. The Morgan fingerprint density at radius 2 is 1.56 bits per heavy atom. The first kappa shape index (κ1) is 25.5. The van der Waals surface area contributed by atoms with Gasteiger partial charge < -0.3 is 24.8 Å². The molecule has 0 bridgehead atoms. The van der Waals surface area contributed by atoms with Gasteiger partial charge in [-0.3, -0.25) is 14.6 Å². The van der Waals surface area contributed by atoms with Crippen molar-refractivity contribution in [1.82, 2.24) is 9.97 Å². The maximum absolute atomic E-state index is 12.3. The number of carbonyl (C=O) groups excluding carboxylic acids is 2. The van der Waals surface area contributed by atoms with Gasteiger partial charge in [0.1, 0.15) is 17.2 Å². The molecule has 2 aromatic carbocycles. The third-order valence-corrected chi connectivity index (χ3v) is 5.94. The highest BCUT2D eigenvalue weighted by Gasteiger charge is 2.15. The summed E-state index contributed by atoms with van der Waals surface area (Å²) in [5.74, 6) is 0.701. The number of benzene rings is 2. The number of nitrogens with one attached hydrogen (secondary N) is 2. The average molecular weight is 619 g/mol. The first-order valence-corrected chi connectivity index (χ1v) is 12.0. The molecule has 0 radical (unpaired) electrons. The minimum absolute atomic E-state index is 0.133. The molecule has 0 aliphatic carbocycles. The van der Waals surface area contributed by atoms with Crippen molar-refractivity contribution in [3.05, 3.63) is 69.5 Å². The van der Waals surface area contributed by atoms with Crippen molar-refractivity contribution >= 4 is 68.3 Å². The topological polar surface area (TPSA) is 112 Å². The van der Waals surface area contributed by atoms with Crippen LogP contribution < -0.4 is 24.8 Å². The predicted molar refractivity (Wildman–Crippen MR) is 145 cm³/mol. The third kappa shape index (κ3) is 6.13. The highest BCUT2D eigenvalue weighted by atomic mass is 127. The van der Waals surface area contributed by atoms with Crippen molar-refractivity contribution in [2.45, 2.75) is 6.42 Å². The normalized spacial score (nSPS) is 10.6. The Morgan fingerprint density at radius 3 is 2.22 bits per heavy atom. The van der Waals surface area contributed by atoms with Crippen LogP contribution in [0.15, 0.2) is 60.9 Å². The van der Waals surface area contributed by atoms with Crippen LogP contribution >= 0.6 is 34.2 Å². The number of rotatable bonds is 8. The summed E-state index contributed by atoms with van der Waals surface area (Å²) in [6.45, 7) is 0. The van der Waals surface area contributed by atoms with Gasteiger partial charge in [0.15, 0.2) is 11.5 Å². The van der Waals surface area contributed by atoms with E-state index < -0.39 is 11.8 Å². The molecule has 0 unspecified atom stereocenters. The number of nitrogens with zero attached hydrogens (tertiary/aromatic N) is 2. The standard InChI is InChI=1S/C25H20ClIN4O5/c1-34-21-10-17-19(11-22(21)35-2)28-8-7-20(17)36-25-18(26)9-16(13-29-25)31-24(33)12-23(32)30-15-5-3-14(27)4-6-15/h3-11,13H,12H2,1-2H3,(H,30,32)(H,31,33). The van der Waals surface area contributed by atoms with E-state index in [1.54, 1.807) is 43.6 Å². The molecule has 0 saturated heterocycles. The van der Waals surface area contributed by atoms with E-state index in [9.17, 15) is 9.59 Å². The lowest BCUT2D eigenvalue weighted by Crippen LogP contribution is -2.21. The van der Waals surface area contributed by atoms with Crippen molar-refractivity contribution in [3.63, 3.8) is 0 Å². The van der Waals surface area contributed by atoms with Crippen molar-refractivity contribution in [1.29, 1.82) is 0 Å². The highest BCUT2D eigenvalue weighted by Crippen LogP contribution is 2.38. The van der Waals surface area contributed by atoms with Crippen LogP contribution in [0.25, 0.3) is 10.9 Å². The molecular formula is C25H20ClIN4O5. The minimum Gasteiger partial charge on any atom is -0.493 e. The van der Waals surface area contributed by atoms with Gasteiger partial charge in [0.25, 0.3) is 0 Å². The summed E-state index contributed by atoms with van der Waals surface area (Å²) in [6.07, 6.45) is 2.62. The summed E-state index contributed by atoms with van der Waals surface area (Å²) in [6, 6.07) is 13.9. The van der Waals surface area contributed by atoms with E-state index >= 15 is 0 Å². The fourth-order valence-corrected chi connectivity index (χ4v) is 3.86. The number of ether oxygens (including phenoxy) is 3. The van der Waals surface area contributed by atoms with Gasteiger partial charge in [0, 0.05) is 26.9 Å². The van der Waals surface area contributed by atoms with Crippen LogP contribution in [-0.4, -0.2) is 36.0 Å². The molecule has 11 heteroatoms. The van der Waals surface area contributed by atoms with Gasteiger partial charge in [-0.1, -0.05) is 11.6 Å².